The van der Waals surface area contributed by atoms with Crippen LogP contribution in [0.4, 0.5) is 14.9 Å². The van der Waals surface area contributed by atoms with E-state index in [1.165, 1.54) is 28.2 Å². The Morgan fingerprint density at radius 1 is 0.864 bits per heavy atom. The van der Waals surface area contributed by atoms with Crippen molar-refractivity contribution in [2.75, 3.05) is 18.4 Å². The lowest BCUT2D eigenvalue weighted by molar-refractivity contribution is -0.133. The number of unbranched alkanes of at least 4 members (excludes halogenated alkanes) is 1. The molecule has 0 radical (unpaired) electrons. The van der Waals surface area contributed by atoms with Gasteiger partial charge in [0, 0.05) is 18.8 Å². The number of hydrogen-bond donors (Lipinski definition) is 1. The van der Waals surface area contributed by atoms with E-state index in [1.54, 1.807) is 36.4 Å². The average molecular weight is 600 g/mol. The maximum Gasteiger partial charge on any atom is 0.322 e. The third kappa shape index (κ3) is 7.92. The summed E-state index contributed by atoms with van der Waals surface area (Å²) in [6.07, 6.45) is 2.94. The molecule has 0 aliphatic carbocycles. The first kappa shape index (κ1) is 32.5. The summed E-state index contributed by atoms with van der Waals surface area (Å²) in [5, 5.41) is 3.56. The van der Waals surface area contributed by atoms with Gasteiger partial charge in [-0.15, -0.1) is 0 Å². The van der Waals surface area contributed by atoms with Crippen molar-refractivity contribution in [3.8, 4) is 0 Å². The smallest absolute Gasteiger partial charge is 0.322 e. The molecule has 1 aromatic heterocycles. The van der Waals surface area contributed by atoms with E-state index in [0.717, 1.165) is 29.7 Å². The number of rotatable bonds is 12. The van der Waals surface area contributed by atoms with Gasteiger partial charge >= 0.3 is 6.03 Å². The number of fused-ring (bicyclic) bond motifs is 1. The highest BCUT2D eigenvalue weighted by molar-refractivity contribution is 5.94. The van der Waals surface area contributed by atoms with Crippen LogP contribution in [0.5, 0.6) is 0 Å². The van der Waals surface area contributed by atoms with E-state index in [9.17, 15) is 18.8 Å². The minimum Gasteiger partial charge on any atom is -0.464 e. The molecule has 0 fully saturated rings. The second-order valence-corrected chi connectivity index (χ2v) is 11.8. The summed E-state index contributed by atoms with van der Waals surface area (Å²) in [7, 11) is 0. The van der Waals surface area contributed by atoms with E-state index in [4.69, 9.17) is 4.42 Å². The number of carbonyl (C=O) groups excluding carboxylic acids is 2. The van der Waals surface area contributed by atoms with Crippen LogP contribution < -0.4 is 10.7 Å². The maximum atomic E-state index is 14.0. The van der Waals surface area contributed by atoms with Crippen LogP contribution >= 0.6 is 0 Å². The van der Waals surface area contributed by atoms with Crippen molar-refractivity contribution < 1.29 is 18.4 Å². The van der Waals surface area contributed by atoms with Gasteiger partial charge in [-0.3, -0.25) is 9.59 Å². The van der Waals surface area contributed by atoms with Crippen LogP contribution in [0, 0.1) is 5.82 Å². The summed E-state index contributed by atoms with van der Waals surface area (Å²) in [6.45, 7) is 10.7. The highest BCUT2D eigenvalue weighted by atomic mass is 19.1. The number of benzene rings is 3. The minimum absolute atomic E-state index is 0.0275. The molecule has 0 unspecified atom stereocenters. The topological polar surface area (TPSA) is 82.9 Å². The third-order valence-corrected chi connectivity index (χ3v) is 7.75. The molecule has 4 aromatic rings. The van der Waals surface area contributed by atoms with Crippen molar-refractivity contribution in [1.82, 2.24) is 9.80 Å². The molecular weight excluding hydrogens is 557 g/mol. The predicted molar refractivity (Wildman–Crippen MR) is 173 cm³/mol. The van der Waals surface area contributed by atoms with Crippen LogP contribution in [0.1, 0.15) is 81.5 Å². The molecule has 0 aliphatic heterocycles. The monoisotopic (exact) mass is 599 g/mol. The van der Waals surface area contributed by atoms with E-state index in [0.29, 0.717) is 28.6 Å². The molecule has 0 atom stereocenters. The zero-order chi connectivity index (χ0) is 31.8. The van der Waals surface area contributed by atoms with Gasteiger partial charge in [0.15, 0.2) is 5.43 Å². The molecule has 1 heterocycles. The number of nitrogens with one attached hydrogen (secondary N) is 1. The molecule has 0 saturated carbocycles. The van der Waals surface area contributed by atoms with Crippen LogP contribution in [0.3, 0.4) is 0 Å². The second kappa shape index (κ2) is 14.8. The zero-order valence-corrected chi connectivity index (χ0v) is 26.2. The van der Waals surface area contributed by atoms with Gasteiger partial charge in [0.25, 0.3) is 0 Å². The summed E-state index contributed by atoms with van der Waals surface area (Å²) in [6, 6.07) is 18.5. The van der Waals surface area contributed by atoms with Gasteiger partial charge in [0.1, 0.15) is 17.9 Å². The Hall–Kier alpha value is -4.46. The number of nitrogens with zero attached hydrogens (tertiary/aromatic N) is 2. The normalized spacial score (nSPS) is 11.3. The van der Waals surface area contributed by atoms with Crippen molar-refractivity contribution in [2.45, 2.75) is 72.4 Å². The van der Waals surface area contributed by atoms with E-state index >= 15 is 0 Å². The number of anilines is 1. The molecule has 7 nitrogen and oxygen atoms in total. The van der Waals surface area contributed by atoms with E-state index in [-0.39, 0.29) is 54.7 Å². The molecule has 3 aromatic carbocycles. The number of amides is 3. The van der Waals surface area contributed by atoms with Crippen LogP contribution in [0.15, 0.2) is 82.2 Å². The Morgan fingerprint density at radius 3 is 2.16 bits per heavy atom. The molecule has 0 saturated heterocycles. The Kier molecular flexibility index (Phi) is 10.9. The van der Waals surface area contributed by atoms with E-state index in [2.05, 4.69) is 33.0 Å². The average Bonchev–Trinajstić information content (AvgIpc) is 3.01. The summed E-state index contributed by atoms with van der Waals surface area (Å²) in [5.41, 5.74) is 4.10. The Balaban J connectivity index is 1.64. The molecule has 8 heteroatoms. The van der Waals surface area contributed by atoms with Crippen LogP contribution in [0.2, 0.25) is 0 Å². The predicted octanol–water partition coefficient (Wildman–Crippen LogP) is 8.04. The standard InChI is InChI=1S/C36H42FN3O4/c1-6-7-19-39(36(43)38-34-29(24(2)3)12-10-13-30(34)25(4)5)22-33(41)40(20-26-15-17-28(37)18-16-26)21-27-23-44-32-14-9-8-11-31(32)35(27)42/h8-18,23-25H,6-7,19-22H2,1-5H3,(H,38,43). The fourth-order valence-electron chi connectivity index (χ4n) is 5.22. The van der Waals surface area contributed by atoms with Crippen LogP contribution in [-0.2, 0) is 17.9 Å². The minimum atomic E-state index is -0.383. The lowest BCUT2D eigenvalue weighted by Crippen LogP contribution is -2.45. The highest BCUT2D eigenvalue weighted by Crippen LogP contribution is 2.32. The second-order valence-electron chi connectivity index (χ2n) is 11.8. The maximum absolute atomic E-state index is 14.0. The molecular formula is C36H42FN3O4. The molecule has 0 bridgehead atoms. The van der Waals surface area contributed by atoms with E-state index < -0.39 is 0 Å². The lowest BCUT2D eigenvalue weighted by atomic mass is 9.93. The summed E-state index contributed by atoms with van der Waals surface area (Å²) in [5.74, 6) is -0.342. The molecule has 1 N–H and O–H groups in total. The van der Waals surface area contributed by atoms with Gasteiger partial charge in [-0.05, 0) is 59.2 Å². The van der Waals surface area contributed by atoms with Crippen molar-refractivity contribution in [3.63, 3.8) is 0 Å². The fraction of sp³-hybridized carbons (Fsp3) is 0.361. The molecule has 0 aliphatic rings. The van der Waals surface area contributed by atoms with Gasteiger partial charge < -0.3 is 19.5 Å². The molecule has 0 spiro atoms. The fourth-order valence-corrected chi connectivity index (χ4v) is 5.22. The third-order valence-electron chi connectivity index (χ3n) is 7.75. The SMILES string of the molecule is CCCCN(CC(=O)N(Cc1ccc(F)cc1)Cc1coc2ccccc2c1=O)C(=O)Nc1c(C(C)C)cccc1C(C)C. The summed E-state index contributed by atoms with van der Waals surface area (Å²) in [4.78, 5) is 44.2. The summed E-state index contributed by atoms with van der Waals surface area (Å²) < 4.78 is 19.4. The van der Waals surface area contributed by atoms with Crippen molar-refractivity contribution >= 4 is 28.6 Å². The number of hydrogen-bond acceptors (Lipinski definition) is 4. The van der Waals surface area contributed by atoms with Crippen molar-refractivity contribution in [2.24, 2.45) is 0 Å². The van der Waals surface area contributed by atoms with Gasteiger partial charge in [-0.1, -0.05) is 83.5 Å². The van der Waals surface area contributed by atoms with Crippen molar-refractivity contribution in [1.29, 1.82) is 0 Å². The molecule has 3 amide bonds. The van der Waals surface area contributed by atoms with E-state index in [1.807, 2.05) is 25.1 Å². The first-order chi connectivity index (χ1) is 21.1. The molecule has 44 heavy (non-hydrogen) atoms. The first-order valence-electron chi connectivity index (χ1n) is 15.3. The van der Waals surface area contributed by atoms with Crippen LogP contribution in [-0.4, -0.2) is 34.8 Å². The quantitative estimate of drug-likeness (QED) is 0.179. The van der Waals surface area contributed by atoms with Gasteiger partial charge in [-0.2, -0.15) is 0 Å². The number of para-hydroxylation sites is 2. The number of urea groups is 1. The number of carbonyl (C=O) groups is 2. The molecule has 232 valence electrons. The Bertz CT molecular complexity index is 1620. The van der Waals surface area contributed by atoms with Gasteiger partial charge in [-0.25, -0.2) is 9.18 Å². The Labute approximate surface area is 258 Å². The molecule has 4 rings (SSSR count). The highest BCUT2D eigenvalue weighted by Gasteiger charge is 2.25. The largest absolute Gasteiger partial charge is 0.464 e. The Morgan fingerprint density at radius 2 is 1.52 bits per heavy atom. The zero-order valence-electron chi connectivity index (χ0n) is 26.2. The lowest BCUT2D eigenvalue weighted by Gasteiger charge is -2.29. The van der Waals surface area contributed by atoms with Gasteiger partial charge in [0.05, 0.1) is 23.8 Å². The number of halogens is 1. The summed E-state index contributed by atoms with van der Waals surface area (Å²) >= 11 is 0. The first-order valence-corrected chi connectivity index (χ1v) is 15.3. The van der Waals surface area contributed by atoms with Gasteiger partial charge in [0.2, 0.25) is 5.91 Å². The van der Waals surface area contributed by atoms with Crippen LogP contribution in [0.25, 0.3) is 11.0 Å². The van der Waals surface area contributed by atoms with Crippen molar-refractivity contribution in [3.05, 3.63) is 111 Å².